The maximum atomic E-state index is 12.4. The van der Waals surface area contributed by atoms with Crippen LogP contribution in [0.2, 0.25) is 0 Å². The second-order valence-corrected chi connectivity index (χ2v) is 3.82. The molecule has 16 heavy (non-hydrogen) atoms. The molecule has 0 fully saturated rings. The van der Waals surface area contributed by atoms with Crippen LogP contribution in [0.3, 0.4) is 0 Å². The van der Waals surface area contributed by atoms with Crippen molar-refractivity contribution in [1.29, 1.82) is 0 Å². The molecule has 0 radical (unpaired) electrons. The van der Waals surface area contributed by atoms with Crippen LogP contribution in [0.15, 0.2) is 11.6 Å². The van der Waals surface area contributed by atoms with Gasteiger partial charge in [0.2, 0.25) is 0 Å². The first-order chi connectivity index (χ1) is 7.49. The van der Waals surface area contributed by atoms with Crippen molar-refractivity contribution in [2.24, 2.45) is 5.73 Å². The molecule has 1 aliphatic rings. The lowest BCUT2D eigenvalue weighted by atomic mass is 10.1. The van der Waals surface area contributed by atoms with E-state index in [0.717, 1.165) is 0 Å². The largest absolute Gasteiger partial charge is 0.412 e. The van der Waals surface area contributed by atoms with Crippen LogP contribution in [0.25, 0.3) is 0 Å². The summed E-state index contributed by atoms with van der Waals surface area (Å²) >= 11 is 0. The molecule has 2 N–H and O–H groups in total. The maximum Gasteiger partial charge on any atom is 0.412 e. The first-order valence-corrected chi connectivity index (χ1v) is 5.18. The zero-order chi connectivity index (χ0) is 12.2. The topological polar surface area (TPSA) is 38.5 Å². The first kappa shape index (κ1) is 13.5. The summed E-state index contributed by atoms with van der Waals surface area (Å²) in [7, 11) is 1.56. The third-order valence-electron chi connectivity index (χ3n) is 2.75. The van der Waals surface area contributed by atoms with Crippen LogP contribution in [-0.4, -0.2) is 50.5 Å². The highest BCUT2D eigenvalue weighted by Crippen LogP contribution is 2.30. The third-order valence-corrected chi connectivity index (χ3v) is 2.75. The number of hydrogen-bond donors (Lipinski definition) is 1. The smallest absolute Gasteiger partial charge is 0.383 e. The summed E-state index contributed by atoms with van der Waals surface area (Å²) in [6, 6.07) is -0.00367. The summed E-state index contributed by atoms with van der Waals surface area (Å²) < 4.78 is 42.1. The summed E-state index contributed by atoms with van der Waals surface area (Å²) in [5, 5.41) is 0. The van der Waals surface area contributed by atoms with Crippen molar-refractivity contribution in [3.8, 4) is 0 Å². The SMILES string of the molecule is COCC(CN)N1CC=C(C(F)(F)F)CC1. The highest BCUT2D eigenvalue weighted by molar-refractivity contribution is 5.13. The standard InChI is InChI=1S/C10H17F3N2O/c1-16-7-9(6-14)15-4-2-8(3-5-15)10(11,12)13/h2,9H,3-7,14H2,1H3. The fourth-order valence-electron chi connectivity index (χ4n) is 1.79. The predicted molar refractivity (Wildman–Crippen MR) is 55.0 cm³/mol. The highest BCUT2D eigenvalue weighted by atomic mass is 19.4. The van der Waals surface area contributed by atoms with Crippen LogP contribution in [0.1, 0.15) is 6.42 Å². The fraction of sp³-hybridized carbons (Fsp3) is 0.800. The van der Waals surface area contributed by atoms with E-state index in [1.54, 1.807) is 7.11 Å². The third kappa shape index (κ3) is 3.47. The molecule has 1 rings (SSSR count). The molecule has 0 aromatic rings. The van der Waals surface area contributed by atoms with Crippen LogP contribution >= 0.6 is 0 Å². The molecule has 94 valence electrons. The summed E-state index contributed by atoms with van der Waals surface area (Å²) in [5.74, 6) is 0. The summed E-state index contributed by atoms with van der Waals surface area (Å²) in [4.78, 5) is 1.92. The Kier molecular flexibility index (Phi) is 4.76. The van der Waals surface area contributed by atoms with Gasteiger partial charge in [0.15, 0.2) is 0 Å². The molecule has 0 bridgehead atoms. The first-order valence-electron chi connectivity index (χ1n) is 5.18. The molecule has 0 saturated heterocycles. The van der Waals surface area contributed by atoms with E-state index >= 15 is 0 Å². The van der Waals surface area contributed by atoms with Crippen molar-refractivity contribution in [1.82, 2.24) is 4.90 Å². The summed E-state index contributed by atoms with van der Waals surface area (Å²) in [5.41, 5.74) is 5.11. The van der Waals surface area contributed by atoms with Crippen LogP contribution < -0.4 is 5.73 Å². The number of ether oxygens (including phenoxy) is 1. The maximum absolute atomic E-state index is 12.4. The molecule has 1 atom stereocenters. The molecule has 0 spiro atoms. The van der Waals surface area contributed by atoms with E-state index in [4.69, 9.17) is 10.5 Å². The second-order valence-electron chi connectivity index (χ2n) is 3.82. The van der Waals surface area contributed by atoms with E-state index in [9.17, 15) is 13.2 Å². The van der Waals surface area contributed by atoms with Crippen molar-refractivity contribution in [2.45, 2.75) is 18.6 Å². The van der Waals surface area contributed by atoms with Crippen LogP contribution in [0.4, 0.5) is 13.2 Å². The lowest BCUT2D eigenvalue weighted by Gasteiger charge is -2.33. The molecule has 0 aliphatic carbocycles. The molecule has 1 unspecified atom stereocenters. The minimum absolute atomic E-state index is 0.00367. The molecule has 0 amide bonds. The quantitative estimate of drug-likeness (QED) is 0.747. The van der Waals surface area contributed by atoms with E-state index in [-0.39, 0.29) is 12.5 Å². The Bertz CT molecular complexity index is 253. The monoisotopic (exact) mass is 238 g/mol. The summed E-state index contributed by atoms with van der Waals surface area (Å²) in [6.45, 7) is 1.52. The number of alkyl halides is 3. The number of nitrogens with zero attached hydrogens (tertiary/aromatic N) is 1. The molecule has 3 nitrogen and oxygen atoms in total. The molecule has 1 heterocycles. The van der Waals surface area contributed by atoms with E-state index in [0.29, 0.717) is 26.2 Å². The Morgan fingerprint density at radius 2 is 2.25 bits per heavy atom. The fourth-order valence-corrected chi connectivity index (χ4v) is 1.79. The van der Waals surface area contributed by atoms with Crippen LogP contribution in [0.5, 0.6) is 0 Å². The lowest BCUT2D eigenvalue weighted by Crippen LogP contribution is -2.46. The van der Waals surface area contributed by atoms with E-state index in [1.807, 2.05) is 4.90 Å². The molecule has 0 aromatic heterocycles. The van der Waals surface area contributed by atoms with Crippen molar-refractivity contribution >= 4 is 0 Å². The number of hydrogen-bond acceptors (Lipinski definition) is 3. The van der Waals surface area contributed by atoms with Gasteiger partial charge in [-0.15, -0.1) is 0 Å². The predicted octanol–water partition coefficient (Wildman–Crippen LogP) is 1.15. The Morgan fingerprint density at radius 1 is 1.56 bits per heavy atom. The van der Waals surface area contributed by atoms with Gasteiger partial charge in [0, 0.05) is 38.4 Å². The Morgan fingerprint density at radius 3 is 2.62 bits per heavy atom. The van der Waals surface area contributed by atoms with E-state index < -0.39 is 11.7 Å². The second kappa shape index (κ2) is 5.65. The Labute approximate surface area is 93.0 Å². The number of nitrogens with two attached hydrogens (primary N) is 1. The van der Waals surface area contributed by atoms with Gasteiger partial charge < -0.3 is 10.5 Å². The minimum atomic E-state index is -4.19. The lowest BCUT2D eigenvalue weighted by molar-refractivity contribution is -0.0966. The van der Waals surface area contributed by atoms with Gasteiger partial charge >= 0.3 is 6.18 Å². The zero-order valence-corrected chi connectivity index (χ0v) is 9.26. The van der Waals surface area contributed by atoms with E-state index in [1.165, 1.54) is 6.08 Å². The minimum Gasteiger partial charge on any atom is -0.383 e. The van der Waals surface area contributed by atoms with Gasteiger partial charge in [-0.3, -0.25) is 4.90 Å². The molecule has 1 aliphatic heterocycles. The molecular formula is C10H17F3N2O. The van der Waals surface area contributed by atoms with Gasteiger partial charge in [-0.25, -0.2) is 0 Å². The molecule has 6 heteroatoms. The number of methoxy groups -OCH3 is 1. The zero-order valence-electron chi connectivity index (χ0n) is 9.26. The Hall–Kier alpha value is -0.590. The number of rotatable bonds is 4. The Balaban J connectivity index is 2.56. The molecule has 0 saturated carbocycles. The van der Waals surface area contributed by atoms with Crippen molar-refractivity contribution in [3.05, 3.63) is 11.6 Å². The highest BCUT2D eigenvalue weighted by Gasteiger charge is 2.35. The van der Waals surface area contributed by atoms with Crippen LogP contribution in [-0.2, 0) is 4.74 Å². The average Bonchev–Trinajstić information content (AvgIpc) is 2.25. The van der Waals surface area contributed by atoms with Gasteiger partial charge in [-0.2, -0.15) is 13.2 Å². The van der Waals surface area contributed by atoms with Gasteiger partial charge in [0.1, 0.15) is 0 Å². The van der Waals surface area contributed by atoms with Crippen LogP contribution in [0, 0.1) is 0 Å². The van der Waals surface area contributed by atoms with Crippen molar-refractivity contribution in [2.75, 3.05) is 33.4 Å². The van der Waals surface area contributed by atoms with Crippen molar-refractivity contribution in [3.63, 3.8) is 0 Å². The van der Waals surface area contributed by atoms with Gasteiger partial charge in [-0.1, -0.05) is 6.08 Å². The van der Waals surface area contributed by atoms with E-state index in [2.05, 4.69) is 0 Å². The normalized spacial score (nSPS) is 20.7. The average molecular weight is 238 g/mol. The van der Waals surface area contributed by atoms with Gasteiger partial charge in [0.25, 0.3) is 0 Å². The van der Waals surface area contributed by atoms with Gasteiger partial charge in [-0.05, 0) is 6.42 Å². The van der Waals surface area contributed by atoms with Gasteiger partial charge in [0.05, 0.1) is 6.61 Å². The molecular weight excluding hydrogens is 221 g/mol. The van der Waals surface area contributed by atoms with Crippen molar-refractivity contribution < 1.29 is 17.9 Å². The molecule has 0 aromatic carbocycles. The number of halogens is 3. The summed E-state index contributed by atoms with van der Waals surface area (Å²) in [6.07, 6.45) is -2.92.